The molecule has 178 valence electrons. The van der Waals surface area contributed by atoms with E-state index in [1.807, 2.05) is 0 Å². The number of hydrogen-bond acceptors (Lipinski definition) is 8. The Morgan fingerprint density at radius 2 is 1.69 bits per heavy atom. The molecule has 0 spiro atoms. The standard InChI is InChI=1S/C24H19N3O7S/c28-24(29)19(12-15-4-2-1-3-5-15)27-35(30,31)18-9-6-16(7-10-18)22-25-23(34-26-22)17-8-11-20-21(13-17)33-14-32-20/h1-11,13,19,27H,12,14H2,(H,28,29). The third kappa shape index (κ3) is 4.86. The van der Waals surface area contributed by atoms with Crippen molar-refractivity contribution in [3.05, 3.63) is 78.4 Å². The van der Waals surface area contributed by atoms with Crippen LogP contribution in [0.2, 0.25) is 0 Å². The molecule has 1 aromatic heterocycles. The molecule has 11 heteroatoms. The van der Waals surface area contributed by atoms with Crippen molar-refractivity contribution < 1.29 is 32.3 Å². The molecular weight excluding hydrogens is 474 g/mol. The van der Waals surface area contributed by atoms with Crippen LogP contribution in [0.4, 0.5) is 0 Å². The van der Waals surface area contributed by atoms with Crippen LogP contribution < -0.4 is 14.2 Å². The van der Waals surface area contributed by atoms with Crippen molar-refractivity contribution in [1.82, 2.24) is 14.9 Å². The van der Waals surface area contributed by atoms with E-state index in [0.717, 1.165) is 0 Å². The number of aliphatic carboxylic acids is 1. The van der Waals surface area contributed by atoms with Gasteiger partial charge in [0.05, 0.1) is 4.90 Å². The lowest BCUT2D eigenvalue weighted by atomic mass is 10.1. The summed E-state index contributed by atoms with van der Waals surface area (Å²) in [6.07, 6.45) is 0.0129. The average molecular weight is 493 g/mol. The number of sulfonamides is 1. The maximum Gasteiger partial charge on any atom is 0.322 e. The van der Waals surface area contributed by atoms with Gasteiger partial charge in [-0.05, 0) is 54.4 Å². The number of ether oxygens (including phenoxy) is 2. The van der Waals surface area contributed by atoms with E-state index in [1.165, 1.54) is 24.3 Å². The number of hydrogen-bond donors (Lipinski definition) is 2. The molecule has 0 saturated heterocycles. The number of carboxylic acids is 1. The monoisotopic (exact) mass is 493 g/mol. The summed E-state index contributed by atoms with van der Waals surface area (Å²) in [5, 5.41) is 13.5. The second kappa shape index (κ2) is 9.20. The molecule has 1 unspecified atom stereocenters. The van der Waals surface area contributed by atoms with Gasteiger partial charge in [0, 0.05) is 11.1 Å². The Balaban J connectivity index is 1.32. The van der Waals surface area contributed by atoms with Crippen LogP contribution in [0.3, 0.4) is 0 Å². The van der Waals surface area contributed by atoms with Crippen LogP contribution in [0.25, 0.3) is 22.8 Å². The fourth-order valence-electron chi connectivity index (χ4n) is 3.56. The minimum Gasteiger partial charge on any atom is -0.480 e. The summed E-state index contributed by atoms with van der Waals surface area (Å²) in [7, 11) is -4.09. The first-order valence-electron chi connectivity index (χ1n) is 10.5. The Bertz CT molecular complexity index is 1470. The van der Waals surface area contributed by atoms with E-state index in [4.69, 9.17) is 14.0 Å². The fraction of sp³-hybridized carbons (Fsp3) is 0.125. The number of benzene rings is 3. The van der Waals surface area contributed by atoms with Gasteiger partial charge in [-0.1, -0.05) is 35.5 Å². The van der Waals surface area contributed by atoms with E-state index >= 15 is 0 Å². The van der Waals surface area contributed by atoms with Gasteiger partial charge in [0.25, 0.3) is 5.89 Å². The zero-order valence-corrected chi connectivity index (χ0v) is 18.9. The number of rotatable bonds is 8. The summed E-state index contributed by atoms with van der Waals surface area (Å²) in [5.74, 6) is 0.477. The van der Waals surface area contributed by atoms with Gasteiger partial charge in [-0.3, -0.25) is 4.79 Å². The molecule has 1 aliphatic heterocycles. The van der Waals surface area contributed by atoms with Crippen LogP contribution in [0.1, 0.15) is 5.56 Å². The third-order valence-electron chi connectivity index (χ3n) is 5.35. The van der Waals surface area contributed by atoms with Gasteiger partial charge < -0.3 is 19.1 Å². The molecule has 0 saturated carbocycles. The highest BCUT2D eigenvalue weighted by Crippen LogP contribution is 2.35. The molecular formula is C24H19N3O7S. The summed E-state index contributed by atoms with van der Waals surface area (Å²) in [6.45, 7) is 0.150. The van der Waals surface area contributed by atoms with Crippen LogP contribution in [-0.4, -0.2) is 42.5 Å². The number of aromatic nitrogens is 2. The van der Waals surface area contributed by atoms with E-state index in [-0.39, 0.29) is 29.8 Å². The lowest BCUT2D eigenvalue weighted by Crippen LogP contribution is -2.42. The SMILES string of the molecule is O=C(O)C(Cc1ccccc1)NS(=O)(=O)c1ccc(-c2noc(-c3ccc4c(c3)OCO4)n2)cc1. The van der Waals surface area contributed by atoms with Crippen molar-refractivity contribution in [2.45, 2.75) is 17.4 Å². The molecule has 1 atom stereocenters. The van der Waals surface area contributed by atoms with Gasteiger partial charge in [0.15, 0.2) is 11.5 Å². The Morgan fingerprint density at radius 1 is 0.971 bits per heavy atom. The van der Waals surface area contributed by atoms with E-state index in [0.29, 0.717) is 28.2 Å². The summed E-state index contributed by atoms with van der Waals surface area (Å²) >= 11 is 0. The van der Waals surface area contributed by atoms with E-state index < -0.39 is 22.0 Å². The van der Waals surface area contributed by atoms with Crippen molar-refractivity contribution >= 4 is 16.0 Å². The molecule has 1 aliphatic rings. The van der Waals surface area contributed by atoms with Crippen molar-refractivity contribution in [2.75, 3.05) is 6.79 Å². The molecule has 0 amide bonds. The lowest BCUT2D eigenvalue weighted by molar-refractivity contribution is -0.138. The second-order valence-corrected chi connectivity index (χ2v) is 9.43. The van der Waals surface area contributed by atoms with Gasteiger partial charge in [0.1, 0.15) is 6.04 Å². The third-order valence-corrected chi connectivity index (χ3v) is 6.83. The molecule has 2 N–H and O–H groups in total. The fourth-order valence-corrected chi connectivity index (χ4v) is 4.74. The van der Waals surface area contributed by atoms with Crippen LogP contribution in [0.15, 0.2) is 82.2 Å². The molecule has 10 nitrogen and oxygen atoms in total. The van der Waals surface area contributed by atoms with Gasteiger partial charge >= 0.3 is 5.97 Å². The van der Waals surface area contributed by atoms with Crippen LogP contribution >= 0.6 is 0 Å². The highest BCUT2D eigenvalue weighted by atomic mass is 32.2. The average Bonchev–Trinajstić information content (AvgIpc) is 3.54. The van der Waals surface area contributed by atoms with Crippen molar-refractivity contribution in [3.63, 3.8) is 0 Å². The number of carboxylic acid groups (broad SMARTS) is 1. The van der Waals surface area contributed by atoms with Crippen molar-refractivity contribution in [2.24, 2.45) is 0 Å². The normalized spacial score (nSPS) is 13.5. The van der Waals surface area contributed by atoms with Gasteiger partial charge in [0.2, 0.25) is 22.6 Å². The van der Waals surface area contributed by atoms with Gasteiger partial charge in [-0.2, -0.15) is 9.71 Å². The van der Waals surface area contributed by atoms with Gasteiger partial charge in [-0.15, -0.1) is 0 Å². The quantitative estimate of drug-likeness (QED) is 0.379. The van der Waals surface area contributed by atoms with E-state index in [9.17, 15) is 18.3 Å². The van der Waals surface area contributed by atoms with Crippen molar-refractivity contribution in [3.8, 4) is 34.3 Å². The number of fused-ring (bicyclic) bond motifs is 1. The predicted octanol–water partition coefficient (Wildman–Crippen LogP) is 3.11. The summed E-state index contributed by atoms with van der Waals surface area (Å²) in [5.41, 5.74) is 1.88. The molecule has 4 aromatic rings. The van der Waals surface area contributed by atoms with E-state index in [1.54, 1.807) is 48.5 Å². The first-order chi connectivity index (χ1) is 16.9. The highest BCUT2D eigenvalue weighted by Gasteiger charge is 2.26. The number of nitrogens with zero attached hydrogens (tertiary/aromatic N) is 2. The number of carbonyl (C=O) groups is 1. The Hall–Kier alpha value is -4.22. The lowest BCUT2D eigenvalue weighted by Gasteiger charge is -2.15. The second-order valence-electron chi connectivity index (χ2n) is 7.72. The molecule has 0 fully saturated rings. The Kier molecular flexibility index (Phi) is 5.93. The molecule has 3 aromatic carbocycles. The first-order valence-corrected chi connectivity index (χ1v) is 12.0. The molecule has 0 radical (unpaired) electrons. The minimum atomic E-state index is -4.09. The Morgan fingerprint density at radius 3 is 2.43 bits per heavy atom. The summed E-state index contributed by atoms with van der Waals surface area (Å²) < 4.78 is 43.9. The van der Waals surface area contributed by atoms with Crippen LogP contribution in [0, 0.1) is 0 Å². The number of nitrogens with one attached hydrogen (secondary N) is 1. The first kappa shape index (κ1) is 22.6. The molecule has 5 rings (SSSR count). The van der Waals surface area contributed by atoms with Crippen molar-refractivity contribution in [1.29, 1.82) is 0 Å². The molecule has 0 aliphatic carbocycles. The predicted molar refractivity (Wildman–Crippen MR) is 123 cm³/mol. The van der Waals surface area contributed by atoms with Crippen LogP contribution in [0.5, 0.6) is 11.5 Å². The zero-order valence-electron chi connectivity index (χ0n) is 18.1. The maximum atomic E-state index is 12.8. The van der Waals surface area contributed by atoms with E-state index in [2.05, 4.69) is 14.9 Å². The molecule has 35 heavy (non-hydrogen) atoms. The molecule has 2 heterocycles. The summed E-state index contributed by atoms with van der Waals surface area (Å²) in [6, 6.07) is 18.5. The highest BCUT2D eigenvalue weighted by molar-refractivity contribution is 7.89. The molecule has 0 bridgehead atoms. The summed E-state index contributed by atoms with van der Waals surface area (Å²) in [4.78, 5) is 16.0. The Labute approximate surface area is 200 Å². The largest absolute Gasteiger partial charge is 0.480 e. The minimum absolute atomic E-state index is 0.0129. The van der Waals surface area contributed by atoms with Gasteiger partial charge in [-0.25, -0.2) is 8.42 Å². The van der Waals surface area contributed by atoms with Crippen LogP contribution in [-0.2, 0) is 21.2 Å². The smallest absolute Gasteiger partial charge is 0.322 e. The topological polar surface area (TPSA) is 141 Å². The zero-order chi connectivity index (χ0) is 24.4. The maximum absolute atomic E-state index is 12.8.